The molecular weight excluding hydrogens is 282 g/mol. The summed E-state index contributed by atoms with van der Waals surface area (Å²) in [5, 5.41) is 0. The number of carbonyl (C=O) groups is 1. The Kier molecular flexibility index (Phi) is 5.51. The van der Waals surface area contributed by atoms with Crippen molar-refractivity contribution in [2.24, 2.45) is 0 Å². The van der Waals surface area contributed by atoms with E-state index in [4.69, 9.17) is 13.9 Å². The third-order valence-electron chi connectivity index (χ3n) is 3.68. The van der Waals surface area contributed by atoms with Crippen LogP contribution < -0.4 is 0 Å². The first-order chi connectivity index (χ1) is 10.4. The molecule has 0 aliphatic carbocycles. The quantitative estimate of drug-likeness (QED) is 0.836. The summed E-state index contributed by atoms with van der Waals surface area (Å²) >= 11 is 0. The minimum Gasteiger partial charge on any atom is -0.461 e. The zero-order valence-electron chi connectivity index (χ0n) is 14.1. The second-order valence-corrected chi connectivity index (χ2v) is 6.78. The minimum absolute atomic E-state index is 0.0528. The lowest BCUT2D eigenvalue weighted by Gasteiger charge is -2.31. The first-order valence-electron chi connectivity index (χ1n) is 7.98. The monoisotopic (exact) mass is 309 g/mol. The molecular formula is C17H27NO4. The van der Waals surface area contributed by atoms with E-state index in [9.17, 15) is 4.79 Å². The Labute approximate surface area is 132 Å². The molecule has 0 aromatic carbocycles. The molecule has 0 bridgehead atoms. The highest BCUT2D eigenvalue weighted by Gasteiger charge is 2.32. The van der Waals surface area contributed by atoms with Crippen molar-refractivity contribution >= 4 is 6.09 Å². The van der Waals surface area contributed by atoms with Crippen LogP contribution in [0.5, 0.6) is 0 Å². The molecule has 1 unspecified atom stereocenters. The molecule has 0 spiro atoms. The molecule has 0 N–H and O–H groups in total. The average Bonchev–Trinajstić information content (AvgIpc) is 2.72. The van der Waals surface area contributed by atoms with E-state index in [2.05, 4.69) is 0 Å². The Hall–Kier alpha value is -1.49. The highest BCUT2D eigenvalue weighted by Crippen LogP contribution is 2.32. The van der Waals surface area contributed by atoms with E-state index in [1.54, 1.807) is 7.11 Å². The first kappa shape index (κ1) is 16.9. The fourth-order valence-corrected chi connectivity index (χ4v) is 2.74. The largest absolute Gasteiger partial charge is 0.461 e. The van der Waals surface area contributed by atoms with Gasteiger partial charge in [-0.25, -0.2) is 4.79 Å². The smallest absolute Gasteiger partial charge is 0.410 e. The van der Waals surface area contributed by atoms with Crippen LogP contribution in [0.2, 0.25) is 0 Å². The lowest BCUT2D eigenvalue weighted by atomic mass is 10.1. The van der Waals surface area contributed by atoms with Gasteiger partial charge in [0.15, 0.2) is 0 Å². The van der Waals surface area contributed by atoms with Gasteiger partial charge in [-0.15, -0.1) is 0 Å². The van der Waals surface area contributed by atoms with Crippen LogP contribution in [0.3, 0.4) is 0 Å². The molecule has 1 fully saturated rings. The third kappa shape index (κ3) is 4.50. The van der Waals surface area contributed by atoms with Crippen LogP contribution in [-0.2, 0) is 16.1 Å². The van der Waals surface area contributed by atoms with E-state index < -0.39 is 5.60 Å². The maximum absolute atomic E-state index is 12.5. The van der Waals surface area contributed by atoms with Gasteiger partial charge < -0.3 is 13.9 Å². The minimum atomic E-state index is -0.488. The number of hydrogen-bond donors (Lipinski definition) is 0. The van der Waals surface area contributed by atoms with Crippen molar-refractivity contribution in [3.63, 3.8) is 0 Å². The molecule has 1 aliphatic rings. The maximum Gasteiger partial charge on any atom is 0.410 e. The van der Waals surface area contributed by atoms with Crippen LogP contribution in [-0.4, -0.2) is 30.2 Å². The molecule has 0 saturated carbocycles. The summed E-state index contributed by atoms with van der Waals surface area (Å²) in [5.74, 6) is 1.60. The van der Waals surface area contributed by atoms with Gasteiger partial charge in [0.2, 0.25) is 0 Å². The fourth-order valence-electron chi connectivity index (χ4n) is 2.74. The number of amides is 1. The molecule has 2 heterocycles. The first-order valence-corrected chi connectivity index (χ1v) is 7.98. The molecule has 1 amide bonds. The van der Waals surface area contributed by atoms with Crippen LogP contribution >= 0.6 is 0 Å². The number of hydrogen-bond acceptors (Lipinski definition) is 4. The molecule has 22 heavy (non-hydrogen) atoms. The summed E-state index contributed by atoms with van der Waals surface area (Å²) in [6, 6.07) is 3.81. The molecule has 0 radical (unpaired) electrons. The summed E-state index contributed by atoms with van der Waals surface area (Å²) < 4.78 is 16.5. The van der Waals surface area contributed by atoms with Crippen molar-refractivity contribution in [1.82, 2.24) is 4.90 Å². The fraction of sp³-hybridized carbons (Fsp3) is 0.706. The van der Waals surface area contributed by atoms with Crippen molar-refractivity contribution in [2.75, 3.05) is 13.7 Å². The van der Waals surface area contributed by atoms with Crippen LogP contribution in [0, 0.1) is 0 Å². The van der Waals surface area contributed by atoms with Gasteiger partial charge in [-0.3, -0.25) is 4.90 Å². The Morgan fingerprint density at radius 1 is 1.32 bits per heavy atom. The van der Waals surface area contributed by atoms with E-state index in [1.165, 1.54) is 0 Å². The SMILES string of the molecule is COCc1ccc(C2CCCCCN2C(=O)OC(C)(C)C)o1. The lowest BCUT2D eigenvalue weighted by Crippen LogP contribution is -2.39. The van der Waals surface area contributed by atoms with Gasteiger partial charge in [0.05, 0.1) is 6.04 Å². The standard InChI is InChI=1S/C17H27NO4/c1-17(2,3)22-16(19)18-11-7-5-6-8-14(18)15-10-9-13(21-15)12-20-4/h9-10,14H,5-8,11-12H2,1-4H3. The van der Waals surface area contributed by atoms with E-state index in [-0.39, 0.29) is 12.1 Å². The van der Waals surface area contributed by atoms with E-state index >= 15 is 0 Å². The van der Waals surface area contributed by atoms with Crippen LogP contribution in [0.4, 0.5) is 4.79 Å². The molecule has 1 aliphatic heterocycles. The topological polar surface area (TPSA) is 51.9 Å². The molecule has 1 aromatic rings. The molecule has 1 atom stereocenters. The van der Waals surface area contributed by atoms with E-state index in [1.807, 2.05) is 37.8 Å². The summed E-state index contributed by atoms with van der Waals surface area (Å²) in [6.07, 6.45) is 3.86. The highest BCUT2D eigenvalue weighted by molar-refractivity contribution is 5.68. The number of ether oxygens (including phenoxy) is 2. The van der Waals surface area contributed by atoms with Crippen LogP contribution in [0.25, 0.3) is 0 Å². The van der Waals surface area contributed by atoms with Gasteiger partial charge in [0.1, 0.15) is 23.7 Å². The van der Waals surface area contributed by atoms with Crippen molar-refractivity contribution in [3.8, 4) is 0 Å². The van der Waals surface area contributed by atoms with Crippen LogP contribution in [0.1, 0.15) is 64.0 Å². The molecule has 1 saturated heterocycles. The van der Waals surface area contributed by atoms with Crippen molar-refractivity contribution in [3.05, 3.63) is 23.7 Å². The zero-order valence-corrected chi connectivity index (χ0v) is 14.1. The van der Waals surface area contributed by atoms with Gasteiger partial charge in [0, 0.05) is 13.7 Å². The number of rotatable bonds is 3. The third-order valence-corrected chi connectivity index (χ3v) is 3.68. The Bertz CT molecular complexity index is 489. The number of carbonyl (C=O) groups excluding carboxylic acids is 1. The second-order valence-electron chi connectivity index (χ2n) is 6.78. The van der Waals surface area contributed by atoms with E-state index in [0.717, 1.165) is 37.2 Å². The summed E-state index contributed by atoms with van der Waals surface area (Å²) in [4.78, 5) is 14.3. The molecule has 2 rings (SSSR count). The number of furan rings is 1. The second kappa shape index (κ2) is 7.18. The molecule has 5 nitrogen and oxygen atoms in total. The maximum atomic E-state index is 12.5. The number of likely N-dealkylation sites (tertiary alicyclic amines) is 1. The van der Waals surface area contributed by atoms with Gasteiger partial charge in [0.25, 0.3) is 0 Å². The van der Waals surface area contributed by atoms with Gasteiger partial charge >= 0.3 is 6.09 Å². The van der Waals surface area contributed by atoms with Crippen molar-refractivity contribution < 1.29 is 18.7 Å². The van der Waals surface area contributed by atoms with Gasteiger partial charge in [-0.05, 0) is 45.7 Å². The normalized spacial score (nSPS) is 19.8. The van der Waals surface area contributed by atoms with Gasteiger partial charge in [-0.2, -0.15) is 0 Å². The number of nitrogens with zero attached hydrogens (tertiary/aromatic N) is 1. The lowest BCUT2D eigenvalue weighted by molar-refractivity contribution is 0.0139. The zero-order chi connectivity index (χ0) is 16.2. The van der Waals surface area contributed by atoms with Crippen molar-refractivity contribution in [2.45, 2.75) is 64.7 Å². The summed E-state index contributed by atoms with van der Waals surface area (Å²) in [5.41, 5.74) is -0.488. The van der Waals surface area contributed by atoms with E-state index in [0.29, 0.717) is 13.2 Å². The summed E-state index contributed by atoms with van der Waals surface area (Å²) in [6.45, 7) is 6.82. The Morgan fingerprint density at radius 3 is 2.77 bits per heavy atom. The molecule has 124 valence electrons. The van der Waals surface area contributed by atoms with Gasteiger partial charge in [-0.1, -0.05) is 12.8 Å². The highest BCUT2D eigenvalue weighted by atomic mass is 16.6. The van der Waals surface area contributed by atoms with Crippen LogP contribution in [0.15, 0.2) is 16.5 Å². The molecule has 5 heteroatoms. The predicted octanol–water partition coefficient (Wildman–Crippen LogP) is 4.28. The Balaban J connectivity index is 2.17. The van der Waals surface area contributed by atoms with Crippen molar-refractivity contribution in [1.29, 1.82) is 0 Å². The average molecular weight is 309 g/mol. The number of methoxy groups -OCH3 is 1. The Morgan fingerprint density at radius 2 is 2.09 bits per heavy atom. The molecule has 1 aromatic heterocycles. The summed E-state index contributed by atoms with van der Waals surface area (Å²) in [7, 11) is 1.64. The predicted molar refractivity (Wildman–Crippen MR) is 83.6 cm³/mol.